The molecule has 0 atom stereocenters. The molecule has 0 saturated heterocycles. The summed E-state index contributed by atoms with van der Waals surface area (Å²) < 4.78 is 0. The summed E-state index contributed by atoms with van der Waals surface area (Å²) >= 11 is 6.00. The first kappa shape index (κ1) is 12.2. The molecule has 106 valence electrons. The number of fused-ring (bicyclic) bond motifs is 5. The molecule has 0 radical (unpaired) electrons. The number of nitrogens with zero attached hydrogens (tertiary/aromatic N) is 2. The van der Waals surface area contributed by atoms with Gasteiger partial charge in [-0.05, 0) is 48.2 Å². The van der Waals surface area contributed by atoms with Crippen LogP contribution in [0.1, 0.15) is 11.1 Å². The van der Waals surface area contributed by atoms with E-state index in [4.69, 9.17) is 16.6 Å². The molecule has 1 aliphatic rings. The number of rotatable bonds is 1. The van der Waals surface area contributed by atoms with Crippen LogP contribution >= 0.6 is 11.6 Å². The van der Waals surface area contributed by atoms with Gasteiger partial charge in [0.15, 0.2) is 0 Å². The molecule has 22 heavy (non-hydrogen) atoms. The molecule has 1 N–H and O–H groups in total. The second-order valence-corrected chi connectivity index (χ2v) is 6.15. The van der Waals surface area contributed by atoms with Gasteiger partial charge in [0.2, 0.25) is 0 Å². The van der Waals surface area contributed by atoms with Crippen molar-refractivity contribution in [3.8, 4) is 11.3 Å². The predicted molar refractivity (Wildman–Crippen MR) is 89.2 cm³/mol. The summed E-state index contributed by atoms with van der Waals surface area (Å²) in [7, 11) is 0. The lowest BCUT2D eigenvalue weighted by molar-refractivity contribution is 0.847. The van der Waals surface area contributed by atoms with E-state index in [-0.39, 0.29) is 0 Å². The number of hydrogen-bond donors (Lipinski definition) is 1. The molecule has 0 saturated carbocycles. The number of nitrogens with one attached hydrogen (secondary N) is 1. The summed E-state index contributed by atoms with van der Waals surface area (Å²) in [4.78, 5) is 4.93. The Balaban J connectivity index is 1.86. The molecule has 4 heteroatoms. The van der Waals surface area contributed by atoms with E-state index in [1.807, 2.05) is 36.5 Å². The molecule has 5 rings (SSSR count). The van der Waals surface area contributed by atoms with Crippen molar-refractivity contribution in [1.82, 2.24) is 15.2 Å². The zero-order valence-electron chi connectivity index (χ0n) is 11.7. The molecule has 0 fully saturated rings. The van der Waals surface area contributed by atoms with Crippen molar-refractivity contribution in [1.29, 1.82) is 0 Å². The number of pyridine rings is 1. The van der Waals surface area contributed by atoms with E-state index in [2.05, 4.69) is 16.3 Å². The van der Waals surface area contributed by atoms with Crippen LogP contribution < -0.4 is 0 Å². The second-order valence-electron chi connectivity index (χ2n) is 5.72. The highest BCUT2D eigenvalue weighted by molar-refractivity contribution is 6.30. The van der Waals surface area contributed by atoms with Gasteiger partial charge in [-0.1, -0.05) is 23.7 Å². The zero-order valence-corrected chi connectivity index (χ0v) is 12.5. The fourth-order valence-corrected chi connectivity index (χ4v) is 3.49. The highest BCUT2D eigenvalue weighted by Gasteiger charge is 2.24. The van der Waals surface area contributed by atoms with Gasteiger partial charge in [-0.15, -0.1) is 0 Å². The van der Waals surface area contributed by atoms with Gasteiger partial charge in [0.25, 0.3) is 0 Å². The Labute approximate surface area is 131 Å². The Morgan fingerprint density at radius 1 is 0.955 bits per heavy atom. The first-order valence-electron chi connectivity index (χ1n) is 7.35. The molecule has 2 heterocycles. The number of aromatic amines is 1. The highest BCUT2D eigenvalue weighted by atomic mass is 35.5. The summed E-state index contributed by atoms with van der Waals surface area (Å²) in [6, 6.07) is 12.1. The minimum Gasteiger partial charge on any atom is -0.278 e. The molecular formula is C18H12ClN3. The Morgan fingerprint density at radius 2 is 1.77 bits per heavy atom. The van der Waals surface area contributed by atoms with Crippen molar-refractivity contribution in [3.63, 3.8) is 0 Å². The largest absolute Gasteiger partial charge is 0.278 e. The van der Waals surface area contributed by atoms with E-state index in [9.17, 15) is 0 Å². The minimum atomic E-state index is 0.753. The Kier molecular flexibility index (Phi) is 2.38. The van der Waals surface area contributed by atoms with E-state index in [0.717, 1.165) is 40.2 Å². The second kappa shape index (κ2) is 4.31. The van der Waals surface area contributed by atoms with Crippen molar-refractivity contribution >= 4 is 33.4 Å². The number of aromatic nitrogens is 3. The average Bonchev–Trinajstić information content (AvgIpc) is 2.96. The van der Waals surface area contributed by atoms with Crippen LogP contribution in [-0.2, 0) is 12.8 Å². The van der Waals surface area contributed by atoms with Gasteiger partial charge >= 0.3 is 0 Å². The molecule has 4 aromatic rings. The molecule has 0 unspecified atom stereocenters. The van der Waals surface area contributed by atoms with Crippen LogP contribution in [0, 0.1) is 0 Å². The number of benzene rings is 2. The fraction of sp³-hybridized carbons (Fsp3) is 0.111. The Hall–Kier alpha value is -2.39. The summed E-state index contributed by atoms with van der Waals surface area (Å²) in [5.74, 6) is 0. The molecule has 0 bridgehead atoms. The van der Waals surface area contributed by atoms with Crippen molar-refractivity contribution < 1.29 is 0 Å². The Bertz CT molecular complexity index is 1030. The maximum Gasteiger partial charge on any atom is 0.0744 e. The van der Waals surface area contributed by atoms with E-state index in [0.29, 0.717) is 0 Å². The van der Waals surface area contributed by atoms with Crippen LogP contribution in [0.4, 0.5) is 0 Å². The van der Waals surface area contributed by atoms with Gasteiger partial charge in [0.1, 0.15) is 0 Å². The third-order valence-electron chi connectivity index (χ3n) is 4.53. The zero-order chi connectivity index (χ0) is 14.7. The number of halogens is 1. The number of aryl methyl sites for hydroxylation is 1. The van der Waals surface area contributed by atoms with E-state index in [1.54, 1.807) is 0 Å². The van der Waals surface area contributed by atoms with Crippen LogP contribution in [0.2, 0.25) is 5.02 Å². The fourth-order valence-electron chi connectivity index (χ4n) is 3.36. The topological polar surface area (TPSA) is 41.6 Å². The van der Waals surface area contributed by atoms with Gasteiger partial charge in [-0.25, -0.2) is 4.98 Å². The number of hydrogen-bond acceptors (Lipinski definition) is 2. The van der Waals surface area contributed by atoms with Crippen LogP contribution in [0.5, 0.6) is 0 Å². The molecule has 1 aliphatic carbocycles. The standard InChI is InChI=1S/C18H12ClN3/c19-11-3-1-10(2-4-11)18-13-6-5-12(13)17-14-9-20-22-15(14)7-8-16(17)21-18/h1-4,7-9H,5-6H2,(H,20,22). The Morgan fingerprint density at radius 3 is 2.55 bits per heavy atom. The molecule has 2 aromatic heterocycles. The number of H-pyrrole nitrogens is 1. The summed E-state index contributed by atoms with van der Waals surface area (Å²) in [6.07, 6.45) is 4.10. The van der Waals surface area contributed by atoms with Crippen molar-refractivity contribution in [2.24, 2.45) is 0 Å². The van der Waals surface area contributed by atoms with Crippen molar-refractivity contribution in [2.75, 3.05) is 0 Å². The summed E-state index contributed by atoms with van der Waals surface area (Å²) in [5.41, 5.74) is 7.12. The van der Waals surface area contributed by atoms with Crippen LogP contribution in [0.25, 0.3) is 33.1 Å². The monoisotopic (exact) mass is 305 g/mol. The van der Waals surface area contributed by atoms with Crippen LogP contribution in [0.3, 0.4) is 0 Å². The van der Waals surface area contributed by atoms with E-state index >= 15 is 0 Å². The van der Waals surface area contributed by atoms with Gasteiger partial charge < -0.3 is 0 Å². The third-order valence-corrected chi connectivity index (χ3v) is 4.78. The predicted octanol–water partition coefficient (Wildman–Crippen LogP) is 4.53. The van der Waals surface area contributed by atoms with E-state index < -0.39 is 0 Å². The maximum absolute atomic E-state index is 6.00. The van der Waals surface area contributed by atoms with E-state index in [1.165, 1.54) is 21.9 Å². The van der Waals surface area contributed by atoms with Crippen LogP contribution in [0.15, 0.2) is 42.6 Å². The molecule has 0 amide bonds. The van der Waals surface area contributed by atoms with Gasteiger partial charge in [-0.3, -0.25) is 5.10 Å². The lowest BCUT2D eigenvalue weighted by Gasteiger charge is -2.24. The maximum atomic E-state index is 6.00. The molecule has 0 aliphatic heterocycles. The van der Waals surface area contributed by atoms with Crippen molar-refractivity contribution in [2.45, 2.75) is 12.8 Å². The minimum absolute atomic E-state index is 0.753. The lowest BCUT2D eigenvalue weighted by Crippen LogP contribution is -2.12. The summed E-state index contributed by atoms with van der Waals surface area (Å²) in [5, 5.41) is 10.4. The highest BCUT2D eigenvalue weighted by Crippen LogP contribution is 2.39. The summed E-state index contributed by atoms with van der Waals surface area (Å²) in [6.45, 7) is 0. The molecular weight excluding hydrogens is 294 g/mol. The van der Waals surface area contributed by atoms with Crippen molar-refractivity contribution in [3.05, 3.63) is 58.7 Å². The molecule has 3 nitrogen and oxygen atoms in total. The first-order valence-corrected chi connectivity index (χ1v) is 7.72. The first-order chi connectivity index (χ1) is 10.8. The van der Waals surface area contributed by atoms with Gasteiger partial charge in [0, 0.05) is 21.4 Å². The average molecular weight is 306 g/mol. The van der Waals surface area contributed by atoms with Gasteiger partial charge in [-0.2, -0.15) is 5.10 Å². The quantitative estimate of drug-likeness (QED) is 0.561. The SMILES string of the molecule is Clc1ccc(-c2nc3ccc4[nH]ncc4c3c3c2CC3)cc1. The third kappa shape index (κ3) is 1.57. The van der Waals surface area contributed by atoms with Gasteiger partial charge in [0.05, 0.1) is 22.9 Å². The van der Waals surface area contributed by atoms with Crippen LogP contribution in [-0.4, -0.2) is 15.2 Å². The lowest BCUT2D eigenvalue weighted by atomic mass is 9.82. The normalized spacial score (nSPS) is 13.3. The smallest absolute Gasteiger partial charge is 0.0744 e. The molecule has 0 spiro atoms. The molecule has 2 aromatic carbocycles.